The number of phenols is 1. The van der Waals surface area contributed by atoms with Gasteiger partial charge >= 0.3 is 11.6 Å². The first-order valence-electron chi connectivity index (χ1n) is 11.0. The average Bonchev–Trinajstić information content (AvgIpc) is 3.18. The lowest BCUT2D eigenvalue weighted by Crippen LogP contribution is -2.47. The second-order valence-electron chi connectivity index (χ2n) is 8.08. The molecule has 0 radical (unpaired) electrons. The molecule has 33 heavy (non-hydrogen) atoms. The SMILES string of the molecule is CC[C@@H](Nc1no[n+](O)c1Nc1cccc(C(=O)N2CCN(C)CC2)c1O)c1ccccc1. The van der Waals surface area contributed by atoms with Crippen LogP contribution < -0.4 is 15.5 Å². The van der Waals surface area contributed by atoms with Gasteiger partial charge in [-0.05, 0) is 31.2 Å². The van der Waals surface area contributed by atoms with Gasteiger partial charge in [0.05, 0.1) is 11.6 Å². The van der Waals surface area contributed by atoms with Crippen LogP contribution in [-0.2, 0) is 0 Å². The molecule has 4 N–H and O–H groups in total. The predicted octanol–water partition coefficient (Wildman–Crippen LogP) is 2.60. The van der Waals surface area contributed by atoms with Gasteiger partial charge in [0.15, 0.2) is 5.75 Å². The van der Waals surface area contributed by atoms with Crippen molar-refractivity contribution in [1.82, 2.24) is 15.0 Å². The van der Waals surface area contributed by atoms with Gasteiger partial charge in [-0.15, -0.1) is 0 Å². The highest BCUT2D eigenvalue weighted by atomic mass is 16.8. The van der Waals surface area contributed by atoms with E-state index >= 15 is 0 Å². The number of likely N-dealkylation sites (N-methyl/N-ethyl adjacent to an activating group) is 1. The van der Waals surface area contributed by atoms with E-state index in [9.17, 15) is 15.1 Å². The molecule has 3 aromatic rings. The Morgan fingerprint density at radius 1 is 1.15 bits per heavy atom. The van der Waals surface area contributed by atoms with Crippen molar-refractivity contribution in [2.45, 2.75) is 19.4 Å². The van der Waals surface area contributed by atoms with Crippen molar-refractivity contribution in [3.63, 3.8) is 0 Å². The van der Waals surface area contributed by atoms with Crippen LogP contribution in [0.3, 0.4) is 0 Å². The number of nitrogens with one attached hydrogen (secondary N) is 2. The van der Waals surface area contributed by atoms with Crippen LogP contribution in [0.1, 0.15) is 35.3 Å². The lowest BCUT2D eigenvalue weighted by molar-refractivity contribution is -1.03. The number of anilines is 3. The molecule has 174 valence electrons. The molecule has 1 aliphatic heterocycles. The summed E-state index contributed by atoms with van der Waals surface area (Å²) in [6.07, 6.45) is 0.766. The lowest BCUT2D eigenvalue weighted by atomic mass is 10.0. The molecule has 10 nitrogen and oxygen atoms in total. The first-order valence-corrected chi connectivity index (χ1v) is 11.0. The van der Waals surface area contributed by atoms with Crippen LogP contribution >= 0.6 is 0 Å². The summed E-state index contributed by atoms with van der Waals surface area (Å²) >= 11 is 0. The number of amides is 1. The Morgan fingerprint density at radius 3 is 2.58 bits per heavy atom. The molecule has 1 aromatic heterocycles. The molecule has 10 heteroatoms. The van der Waals surface area contributed by atoms with E-state index in [0.29, 0.717) is 18.0 Å². The summed E-state index contributed by atoms with van der Waals surface area (Å²) in [6, 6.07) is 14.7. The van der Waals surface area contributed by atoms with E-state index in [0.717, 1.165) is 25.1 Å². The zero-order valence-corrected chi connectivity index (χ0v) is 18.7. The van der Waals surface area contributed by atoms with Crippen molar-refractivity contribution in [2.24, 2.45) is 0 Å². The van der Waals surface area contributed by atoms with Crippen LogP contribution in [0, 0.1) is 0 Å². The van der Waals surface area contributed by atoms with Crippen LogP contribution in [0.5, 0.6) is 5.75 Å². The predicted molar refractivity (Wildman–Crippen MR) is 122 cm³/mol. The van der Waals surface area contributed by atoms with E-state index in [-0.39, 0.29) is 40.6 Å². The molecule has 1 saturated heterocycles. The van der Waals surface area contributed by atoms with E-state index in [1.807, 2.05) is 44.3 Å². The Hall–Kier alpha value is -3.79. The van der Waals surface area contributed by atoms with Gasteiger partial charge in [0, 0.05) is 26.2 Å². The highest BCUT2D eigenvalue weighted by Gasteiger charge is 2.29. The van der Waals surface area contributed by atoms with Gasteiger partial charge in [-0.1, -0.05) is 48.0 Å². The first kappa shape index (κ1) is 22.4. The number of carbonyl (C=O) groups excluding carboxylic acids is 1. The van der Waals surface area contributed by atoms with E-state index < -0.39 is 0 Å². The van der Waals surface area contributed by atoms with E-state index in [2.05, 4.69) is 20.7 Å². The van der Waals surface area contributed by atoms with Gasteiger partial charge < -0.3 is 25.4 Å². The quantitative estimate of drug-likeness (QED) is 0.319. The summed E-state index contributed by atoms with van der Waals surface area (Å²) in [6.45, 7) is 4.79. The van der Waals surface area contributed by atoms with Crippen molar-refractivity contribution in [3.8, 4) is 5.75 Å². The minimum Gasteiger partial charge on any atom is -0.504 e. The van der Waals surface area contributed by atoms with Gasteiger partial charge in [0.2, 0.25) is 0 Å². The highest BCUT2D eigenvalue weighted by molar-refractivity contribution is 5.99. The number of phenolic OH excluding ortho intramolecular Hbond substituents is 1. The average molecular weight is 454 g/mol. The number of rotatable bonds is 7. The highest BCUT2D eigenvalue weighted by Crippen LogP contribution is 2.33. The van der Waals surface area contributed by atoms with Crippen molar-refractivity contribution < 1.29 is 24.6 Å². The molecule has 0 spiro atoms. The zero-order chi connectivity index (χ0) is 23.4. The van der Waals surface area contributed by atoms with Crippen molar-refractivity contribution in [3.05, 3.63) is 59.7 Å². The monoisotopic (exact) mass is 453 g/mol. The number of hydrogen-bond donors (Lipinski definition) is 4. The molecule has 0 bridgehead atoms. The number of aromatic nitrogens is 2. The molecule has 0 unspecified atom stereocenters. The Morgan fingerprint density at radius 2 is 1.88 bits per heavy atom. The maximum Gasteiger partial charge on any atom is 0.370 e. The van der Waals surface area contributed by atoms with Gasteiger partial charge in [-0.3, -0.25) is 10.1 Å². The molecule has 0 saturated carbocycles. The molecule has 2 aromatic carbocycles. The molecule has 2 heterocycles. The zero-order valence-electron chi connectivity index (χ0n) is 18.7. The summed E-state index contributed by atoms with van der Waals surface area (Å²) in [5, 5.41) is 31.1. The fraction of sp³-hybridized carbons (Fsp3) is 0.348. The normalized spacial score (nSPS) is 15.3. The molecule has 1 atom stereocenters. The van der Waals surface area contributed by atoms with Crippen molar-refractivity contribution >= 4 is 23.2 Å². The number of benzene rings is 2. The summed E-state index contributed by atoms with van der Waals surface area (Å²) in [5.74, 6) is -0.0733. The number of para-hydroxylation sites is 1. The summed E-state index contributed by atoms with van der Waals surface area (Å²) in [5.41, 5.74) is 1.49. The maximum absolute atomic E-state index is 13.0. The van der Waals surface area contributed by atoms with Crippen molar-refractivity contribution in [2.75, 3.05) is 43.9 Å². The number of aromatic hydroxyl groups is 1. The Balaban J connectivity index is 1.56. The van der Waals surface area contributed by atoms with Gasteiger partial charge in [0.25, 0.3) is 5.91 Å². The largest absolute Gasteiger partial charge is 0.504 e. The van der Waals surface area contributed by atoms with E-state index in [4.69, 9.17) is 4.63 Å². The minimum atomic E-state index is -0.236. The summed E-state index contributed by atoms with van der Waals surface area (Å²) in [7, 11) is 2.01. The standard InChI is InChI=1S/C23H28N6O4/c1-3-18(16-8-5-4-6-9-16)24-21-22(29(32)33-26-21)25-19-11-7-10-17(20(19)30)23(31)28-14-12-27(2)13-15-28/h4-11,18,32H,3,12-15H2,1-2H3,(H2,24,26,30,31)/p+1/t18-/m1/s1. The smallest absolute Gasteiger partial charge is 0.370 e. The van der Waals surface area contributed by atoms with E-state index in [1.165, 1.54) is 0 Å². The number of carbonyl (C=O) groups is 1. The first-order chi connectivity index (χ1) is 16.0. The fourth-order valence-corrected chi connectivity index (χ4v) is 3.85. The topological polar surface area (TPSA) is 118 Å². The third kappa shape index (κ3) is 4.85. The van der Waals surface area contributed by atoms with Crippen LogP contribution in [0.4, 0.5) is 17.3 Å². The molecule has 1 aliphatic rings. The number of hydrogen-bond acceptors (Lipinski definition) is 8. The van der Waals surface area contributed by atoms with E-state index in [1.54, 1.807) is 23.1 Å². The van der Waals surface area contributed by atoms with Crippen LogP contribution in [-0.4, -0.2) is 64.4 Å². The van der Waals surface area contributed by atoms with Gasteiger partial charge in [0.1, 0.15) is 15.7 Å². The van der Waals surface area contributed by atoms with Crippen LogP contribution in [0.25, 0.3) is 0 Å². The second kappa shape index (κ2) is 9.78. The van der Waals surface area contributed by atoms with Gasteiger partial charge in [-0.2, -0.15) is 0 Å². The number of nitrogens with zero attached hydrogens (tertiary/aromatic N) is 4. The Labute approximate surface area is 191 Å². The molecule has 4 rings (SSSR count). The molecule has 1 fully saturated rings. The molecule has 1 amide bonds. The molecule has 0 aliphatic carbocycles. The minimum absolute atomic E-state index is 0.0735. The third-order valence-electron chi connectivity index (χ3n) is 5.86. The van der Waals surface area contributed by atoms with Crippen molar-refractivity contribution in [1.29, 1.82) is 0 Å². The second-order valence-corrected chi connectivity index (χ2v) is 8.08. The Bertz CT molecular complexity index is 1100. The third-order valence-corrected chi connectivity index (χ3v) is 5.86. The van der Waals surface area contributed by atoms with Gasteiger partial charge in [-0.25, -0.2) is 0 Å². The summed E-state index contributed by atoms with van der Waals surface area (Å²) in [4.78, 5) is 17.3. The molecular formula is C23H29N6O4+. The Kier molecular flexibility index (Phi) is 6.64. The van der Waals surface area contributed by atoms with Crippen LogP contribution in [0.2, 0.25) is 0 Å². The fourth-order valence-electron chi connectivity index (χ4n) is 3.85. The maximum atomic E-state index is 13.0. The summed E-state index contributed by atoms with van der Waals surface area (Å²) < 4.78 is 4.91. The lowest BCUT2D eigenvalue weighted by Gasteiger charge is -2.32. The number of piperazine rings is 1. The molecular weight excluding hydrogens is 424 g/mol. The van der Waals surface area contributed by atoms with Crippen LogP contribution in [0.15, 0.2) is 53.2 Å².